The molecule has 0 saturated carbocycles. The number of esters is 1. The van der Waals surface area contributed by atoms with Gasteiger partial charge in [-0.2, -0.15) is 0 Å². The second-order valence-corrected chi connectivity index (χ2v) is 6.44. The van der Waals surface area contributed by atoms with Gasteiger partial charge < -0.3 is 14.8 Å². The summed E-state index contributed by atoms with van der Waals surface area (Å²) in [7, 11) is 0. The van der Waals surface area contributed by atoms with Crippen molar-refractivity contribution in [2.24, 2.45) is 0 Å². The first-order valence-electron chi connectivity index (χ1n) is 8.31. The molecular formula is C19H16BrFN2O6. The monoisotopic (exact) mass is 466 g/mol. The lowest BCUT2D eigenvalue weighted by Crippen LogP contribution is -2.20. The molecule has 0 atom stereocenters. The minimum Gasteiger partial charge on any atom is -0.494 e. The second kappa shape index (κ2) is 10.3. The van der Waals surface area contributed by atoms with E-state index in [1.807, 2.05) is 0 Å². The number of carbonyl (C=O) groups is 2. The molecule has 29 heavy (non-hydrogen) atoms. The third-order valence-corrected chi connectivity index (χ3v) is 3.95. The lowest BCUT2D eigenvalue weighted by atomic mass is 10.2. The van der Waals surface area contributed by atoms with Crippen molar-refractivity contribution >= 4 is 45.3 Å². The van der Waals surface area contributed by atoms with Gasteiger partial charge in [-0.3, -0.25) is 14.9 Å². The molecule has 0 bridgehead atoms. The van der Waals surface area contributed by atoms with Crippen molar-refractivity contribution in [2.45, 2.75) is 6.92 Å². The molecule has 2 aromatic rings. The number of rotatable bonds is 8. The normalized spacial score (nSPS) is 10.6. The van der Waals surface area contributed by atoms with Gasteiger partial charge in [0.1, 0.15) is 17.3 Å². The van der Waals surface area contributed by atoms with Crippen LogP contribution in [-0.2, 0) is 14.3 Å². The van der Waals surface area contributed by atoms with Crippen LogP contribution in [-0.4, -0.2) is 30.0 Å². The molecular weight excluding hydrogens is 451 g/mol. The van der Waals surface area contributed by atoms with Crippen LogP contribution in [0.1, 0.15) is 12.5 Å². The quantitative estimate of drug-likeness (QED) is 0.271. The van der Waals surface area contributed by atoms with Gasteiger partial charge in [0, 0.05) is 16.1 Å². The highest BCUT2D eigenvalue weighted by atomic mass is 79.9. The van der Waals surface area contributed by atoms with E-state index in [0.717, 1.165) is 6.08 Å². The zero-order valence-electron chi connectivity index (χ0n) is 15.2. The van der Waals surface area contributed by atoms with E-state index in [2.05, 4.69) is 21.2 Å². The summed E-state index contributed by atoms with van der Waals surface area (Å²) in [5.41, 5.74) is -0.266. The number of nitro groups is 1. The summed E-state index contributed by atoms with van der Waals surface area (Å²) in [6, 6.07) is 8.17. The molecule has 0 aliphatic heterocycles. The summed E-state index contributed by atoms with van der Waals surface area (Å²) in [6.45, 7) is 1.39. The number of nitro benzene ring substituents is 1. The second-order valence-electron chi connectivity index (χ2n) is 5.52. The molecule has 0 aliphatic carbocycles. The van der Waals surface area contributed by atoms with Crippen LogP contribution in [0.4, 0.5) is 15.8 Å². The SMILES string of the molecule is CCOc1ccc(NC(=O)COC(=O)/C=C/c2cc(Br)ccc2F)c([N+](=O)[O-])c1. The smallest absolute Gasteiger partial charge is 0.331 e. The number of hydrogen-bond acceptors (Lipinski definition) is 6. The molecule has 1 N–H and O–H groups in total. The Bertz CT molecular complexity index is 964. The third-order valence-electron chi connectivity index (χ3n) is 3.45. The van der Waals surface area contributed by atoms with Gasteiger partial charge in [0.05, 0.1) is 17.6 Å². The number of carbonyl (C=O) groups excluding carboxylic acids is 2. The maximum Gasteiger partial charge on any atom is 0.331 e. The molecule has 0 saturated heterocycles. The molecule has 0 aromatic heterocycles. The largest absolute Gasteiger partial charge is 0.494 e. The lowest BCUT2D eigenvalue weighted by Gasteiger charge is -2.08. The van der Waals surface area contributed by atoms with Gasteiger partial charge >= 0.3 is 5.97 Å². The first-order valence-corrected chi connectivity index (χ1v) is 9.10. The summed E-state index contributed by atoms with van der Waals surface area (Å²) in [6.07, 6.45) is 2.18. The van der Waals surface area contributed by atoms with E-state index in [1.165, 1.54) is 42.5 Å². The molecule has 0 fully saturated rings. The molecule has 0 heterocycles. The highest BCUT2D eigenvalue weighted by Crippen LogP contribution is 2.29. The van der Waals surface area contributed by atoms with Crippen LogP contribution >= 0.6 is 15.9 Å². The molecule has 0 radical (unpaired) electrons. The van der Waals surface area contributed by atoms with Crippen molar-refractivity contribution in [1.82, 2.24) is 0 Å². The zero-order chi connectivity index (χ0) is 21.4. The average molecular weight is 467 g/mol. The average Bonchev–Trinajstić information content (AvgIpc) is 2.68. The number of ether oxygens (including phenoxy) is 2. The molecule has 0 aliphatic rings. The number of nitrogens with zero attached hydrogens (tertiary/aromatic N) is 1. The van der Waals surface area contributed by atoms with Crippen molar-refractivity contribution in [3.63, 3.8) is 0 Å². The van der Waals surface area contributed by atoms with Gasteiger partial charge in [-0.25, -0.2) is 9.18 Å². The predicted molar refractivity (Wildman–Crippen MR) is 107 cm³/mol. The number of hydrogen-bond donors (Lipinski definition) is 1. The van der Waals surface area contributed by atoms with Crippen molar-refractivity contribution < 1.29 is 28.4 Å². The Labute approximate surface area is 173 Å². The van der Waals surface area contributed by atoms with Crippen LogP contribution in [0.3, 0.4) is 0 Å². The highest BCUT2D eigenvalue weighted by Gasteiger charge is 2.18. The van der Waals surface area contributed by atoms with Crippen molar-refractivity contribution in [1.29, 1.82) is 0 Å². The molecule has 2 rings (SSSR count). The van der Waals surface area contributed by atoms with E-state index >= 15 is 0 Å². The van der Waals surface area contributed by atoms with Crippen molar-refractivity contribution in [3.8, 4) is 5.75 Å². The molecule has 0 unspecified atom stereocenters. The fourth-order valence-corrected chi connectivity index (χ4v) is 2.57. The van der Waals surface area contributed by atoms with E-state index in [-0.39, 0.29) is 22.7 Å². The van der Waals surface area contributed by atoms with Crippen molar-refractivity contribution in [2.75, 3.05) is 18.5 Å². The van der Waals surface area contributed by atoms with Gasteiger partial charge in [0.2, 0.25) is 0 Å². The Kier molecular flexibility index (Phi) is 7.84. The first-order chi connectivity index (χ1) is 13.8. The Hall–Kier alpha value is -3.27. The summed E-state index contributed by atoms with van der Waals surface area (Å²) < 4.78 is 24.2. The fourth-order valence-electron chi connectivity index (χ4n) is 2.20. The maximum atomic E-state index is 13.6. The Morgan fingerprint density at radius 1 is 1.28 bits per heavy atom. The summed E-state index contributed by atoms with van der Waals surface area (Å²) >= 11 is 3.19. The highest BCUT2D eigenvalue weighted by molar-refractivity contribution is 9.10. The third kappa shape index (κ3) is 6.68. The maximum absolute atomic E-state index is 13.6. The number of amides is 1. The van der Waals surface area contributed by atoms with Gasteiger partial charge in [0.25, 0.3) is 11.6 Å². The predicted octanol–water partition coefficient (Wildman–Crippen LogP) is 4.09. The number of benzene rings is 2. The van der Waals surface area contributed by atoms with Gasteiger partial charge in [-0.05, 0) is 43.3 Å². The first kappa shape index (κ1) is 22.0. The topological polar surface area (TPSA) is 108 Å². The van der Waals surface area contributed by atoms with Crippen LogP contribution in [0.25, 0.3) is 6.08 Å². The zero-order valence-corrected chi connectivity index (χ0v) is 16.8. The fraction of sp³-hybridized carbons (Fsp3) is 0.158. The van der Waals surface area contributed by atoms with Crippen LogP contribution in [0, 0.1) is 15.9 Å². The van der Waals surface area contributed by atoms with Crippen LogP contribution in [0.2, 0.25) is 0 Å². The molecule has 2 aromatic carbocycles. The standard InChI is InChI=1S/C19H16BrFN2O6/c1-2-28-14-5-7-16(17(10-14)23(26)27)22-18(24)11-29-19(25)8-3-12-9-13(20)4-6-15(12)21/h3-10H,2,11H2,1H3,(H,22,24)/b8-3+. The van der Waals surface area contributed by atoms with Gasteiger partial charge in [-0.1, -0.05) is 15.9 Å². The van der Waals surface area contributed by atoms with Crippen LogP contribution < -0.4 is 10.1 Å². The Balaban J connectivity index is 1.95. The lowest BCUT2D eigenvalue weighted by molar-refractivity contribution is -0.384. The summed E-state index contributed by atoms with van der Waals surface area (Å²) in [5, 5.41) is 13.5. The minimum absolute atomic E-state index is 0.0637. The Morgan fingerprint density at radius 3 is 2.72 bits per heavy atom. The number of anilines is 1. The van der Waals surface area contributed by atoms with Crippen LogP contribution in [0.15, 0.2) is 46.9 Å². The van der Waals surface area contributed by atoms with Crippen LogP contribution in [0.5, 0.6) is 5.75 Å². The van der Waals surface area contributed by atoms with E-state index < -0.39 is 29.2 Å². The molecule has 1 amide bonds. The molecule has 10 heteroatoms. The number of nitrogens with one attached hydrogen (secondary N) is 1. The van der Waals surface area contributed by atoms with Crippen molar-refractivity contribution in [3.05, 3.63) is 68.4 Å². The molecule has 152 valence electrons. The van der Waals surface area contributed by atoms with Gasteiger partial charge in [-0.15, -0.1) is 0 Å². The molecule has 8 nitrogen and oxygen atoms in total. The van der Waals surface area contributed by atoms with E-state index in [4.69, 9.17) is 9.47 Å². The van der Waals surface area contributed by atoms with E-state index in [1.54, 1.807) is 6.92 Å². The molecule has 0 spiro atoms. The van der Waals surface area contributed by atoms with E-state index in [0.29, 0.717) is 11.1 Å². The Morgan fingerprint density at radius 2 is 2.03 bits per heavy atom. The van der Waals surface area contributed by atoms with E-state index in [9.17, 15) is 24.1 Å². The number of halogens is 2. The minimum atomic E-state index is -0.874. The van der Waals surface area contributed by atoms with Gasteiger partial charge in [0.15, 0.2) is 6.61 Å². The summed E-state index contributed by atoms with van der Waals surface area (Å²) in [4.78, 5) is 34.2. The summed E-state index contributed by atoms with van der Waals surface area (Å²) in [5.74, 6) is -1.89.